The van der Waals surface area contributed by atoms with Crippen LogP contribution in [0.1, 0.15) is 34.6 Å². The number of fused-ring (bicyclic) bond motifs is 1. The molecule has 6 rings (SSSR count). The SMILES string of the molecule is CC(C)=C(Cl)N(C)C.CN(C)c1ccc(-c2nc3ccc(F)nc3o2)cc1.CN(C)c1ccc(C(=O)Cl)cc1.CN(C)c1ccc(C(=O)O)cc1.Nc1ccc(F)nc1F. The first-order valence-electron chi connectivity index (χ1n) is 17.9. The molecule has 0 radical (unpaired) electrons. The average molecular weight is 870 g/mol. The zero-order valence-corrected chi connectivity index (χ0v) is 36.5. The maximum atomic E-state index is 13.0. The molecule has 0 spiro atoms. The summed E-state index contributed by atoms with van der Waals surface area (Å²) in [7, 11) is 15.5. The van der Waals surface area contributed by atoms with Gasteiger partial charge in [-0.3, -0.25) is 4.79 Å². The van der Waals surface area contributed by atoms with Gasteiger partial charge in [0.05, 0.1) is 11.3 Å². The number of carbonyl (C=O) groups excluding carboxylic acids is 1. The molecule has 0 aliphatic rings. The maximum Gasteiger partial charge on any atom is 0.335 e. The van der Waals surface area contributed by atoms with Gasteiger partial charge in [-0.15, -0.1) is 0 Å². The molecule has 0 amide bonds. The summed E-state index contributed by atoms with van der Waals surface area (Å²) >= 11 is 11.0. The molecule has 0 fully saturated rings. The smallest absolute Gasteiger partial charge is 0.335 e. The third kappa shape index (κ3) is 16.5. The van der Waals surface area contributed by atoms with Crippen LogP contribution in [0, 0.1) is 17.8 Å². The highest BCUT2D eigenvalue weighted by atomic mass is 35.5. The van der Waals surface area contributed by atoms with Crippen molar-refractivity contribution in [3.05, 3.63) is 137 Å². The van der Waals surface area contributed by atoms with Crippen LogP contribution in [0.25, 0.3) is 22.7 Å². The lowest BCUT2D eigenvalue weighted by Gasteiger charge is -2.11. The molecule has 0 atom stereocenters. The summed E-state index contributed by atoms with van der Waals surface area (Å²) in [6.45, 7) is 3.98. The lowest BCUT2D eigenvalue weighted by Crippen LogP contribution is -2.08. The molecule has 0 unspecified atom stereocenters. The molecule has 0 saturated heterocycles. The molecule has 0 aliphatic carbocycles. The van der Waals surface area contributed by atoms with E-state index in [1.165, 1.54) is 6.07 Å². The van der Waals surface area contributed by atoms with E-state index in [4.69, 9.17) is 38.5 Å². The quantitative estimate of drug-likeness (QED) is 0.0895. The van der Waals surface area contributed by atoms with E-state index in [1.807, 2.05) is 126 Å². The number of aromatic carboxylic acids is 1. The van der Waals surface area contributed by atoms with Gasteiger partial charge in [-0.1, -0.05) is 11.6 Å². The number of oxazole rings is 1. The summed E-state index contributed by atoms with van der Waals surface area (Å²) in [5.74, 6) is -2.84. The topological polar surface area (TPSA) is 145 Å². The molecule has 320 valence electrons. The summed E-state index contributed by atoms with van der Waals surface area (Å²) in [6, 6.07) is 26.6. The molecule has 12 nitrogen and oxygen atoms in total. The standard InChI is InChI=1S/C14H12FN3O.C9H10ClNO.C9H11NO2.C6H12ClN.C5H4F2N2/c1-18(2)10-5-3-9(4-6-10)13-16-11-7-8-12(15)17-14(11)19-13;1-11(2)8-5-3-7(4-6-8)9(10)12;1-10(2)8-5-3-7(4-6-8)9(11)12;1-5(2)6(7)8(3)4;6-4-2-1-3(8)5(7)9-4/h3-8H,1-2H3;3-6H,1-2H3;3-6H,1-2H3,(H,11,12);1-4H3;1-2H,8H2. The predicted molar refractivity (Wildman–Crippen MR) is 237 cm³/mol. The molecule has 0 saturated carbocycles. The summed E-state index contributed by atoms with van der Waals surface area (Å²) in [5.41, 5.74) is 11.6. The third-order valence-electron chi connectivity index (χ3n) is 7.74. The van der Waals surface area contributed by atoms with Gasteiger partial charge in [0.2, 0.25) is 29.4 Å². The van der Waals surface area contributed by atoms with Gasteiger partial charge in [-0.05, 0) is 128 Å². The number of rotatable bonds is 7. The van der Waals surface area contributed by atoms with Crippen LogP contribution in [0.4, 0.5) is 35.9 Å². The highest BCUT2D eigenvalue weighted by molar-refractivity contribution is 6.67. The Labute approximate surface area is 358 Å². The Morgan fingerprint density at radius 3 is 1.42 bits per heavy atom. The zero-order valence-electron chi connectivity index (χ0n) is 35.0. The Kier molecular flexibility index (Phi) is 19.9. The molecule has 0 bridgehead atoms. The average Bonchev–Trinajstić information content (AvgIpc) is 3.63. The van der Waals surface area contributed by atoms with Gasteiger partial charge >= 0.3 is 5.97 Å². The Hall–Kier alpha value is -6.32. The van der Waals surface area contributed by atoms with Crippen molar-refractivity contribution in [1.82, 2.24) is 19.9 Å². The van der Waals surface area contributed by atoms with Crippen molar-refractivity contribution >= 4 is 68.4 Å². The van der Waals surface area contributed by atoms with Gasteiger partial charge in [-0.2, -0.15) is 23.1 Å². The summed E-state index contributed by atoms with van der Waals surface area (Å²) in [6.07, 6.45) is 0. The van der Waals surface area contributed by atoms with Gasteiger partial charge < -0.3 is 34.9 Å². The number of pyridine rings is 2. The van der Waals surface area contributed by atoms with Gasteiger partial charge in [0.1, 0.15) is 10.7 Å². The molecule has 6 aromatic rings. The molecule has 3 N–H and O–H groups in total. The van der Waals surface area contributed by atoms with E-state index in [0.717, 1.165) is 45.5 Å². The van der Waals surface area contributed by atoms with Crippen LogP contribution in [-0.2, 0) is 0 Å². The number of nitrogen functional groups attached to an aromatic ring is 1. The number of hydrogen-bond donors (Lipinski definition) is 2. The summed E-state index contributed by atoms with van der Waals surface area (Å²) in [4.78, 5) is 39.7. The maximum absolute atomic E-state index is 13.0. The second-order valence-electron chi connectivity index (χ2n) is 13.6. The molecular weight excluding hydrogens is 820 g/mol. The van der Waals surface area contributed by atoms with E-state index in [9.17, 15) is 22.8 Å². The number of nitrogens with zero attached hydrogens (tertiary/aromatic N) is 7. The number of carboxylic acid groups (broad SMARTS) is 1. The highest BCUT2D eigenvalue weighted by Gasteiger charge is 2.10. The Balaban J connectivity index is 0.000000269. The number of halogens is 5. The number of carboxylic acids is 1. The number of carbonyl (C=O) groups is 2. The fourth-order valence-electron chi connectivity index (χ4n) is 4.48. The normalized spacial score (nSPS) is 9.85. The number of allylic oxidation sites excluding steroid dienone is 1. The van der Waals surface area contributed by atoms with Crippen molar-refractivity contribution in [2.45, 2.75) is 13.8 Å². The van der Waals surface area contributed by atoms with E-state index < -0.39 is 29.1 Å². The summed E-state index contributed by atoms with van der Waals surface area (Å²) < 4.78 is 42.5. The van der Waals surface area contributed by atoms with Crippen molar-refractivity contribution in [2.75, 3.05) is 76.8 Å². The fourth-order valence-corrected chi connectivity index (χ4v) is 4.61. The molecule has 3 aromatic heterocycles. The Bertz CT molecular complexity index is 2260. The molecule has 3 heterocycles. The van der Waals surface area contributed by atoms with Crippen LogP contribution < -0.4 is 20.4 Å². The minimum absolute atomic E-state index is 0.142. The summed E-state index contributed by atoms with van der Waals surface area (Å²) in [5, 5.41) is 9.01. The van der Waals surface area contributed by atoms with E-state index >= 15 is 0 Å². The van der Waals surface area contributed by atoms with Crippen molar-refractivity contribution in [2.24, 2.45) is 0 Å². The fraction of sp³-hybridized carbons (Fsp3) is 0.233. The number of hydrogen-bond acceptors (Lipinski definition) is 11. The Morgan fingerprint density at radius 2 is 1.05 bits per heavy atom. The van der Waals surface area contributed by atoms with E-state index in [-0.39, 0.29) is 11.4 Å². The van der Waals surface area contributed by atoms with E-state index in [2.05, 4.69) is 15.0 Å². The third-order valence-corrected chi connectivity index (χ3v) is 8.68. The second kappa shape index (κ2) is 23.9. The van der Waals surface area contributed by atoms with Crippen molar-refractivity contribution in [3.63, 3.8) is 0 Å². The lowest BCUT2D eigenvalue weighted by molar-refractivity contribution is 0.0696. The van der Waals surface area contributed by atoms with Gasteiger partial charge in [-0.25, -0.2) is 9.78 Å². The van der Waals surface area contributed by atoms with Gasteiger partial charge in [0.15, 0.2) is 0 Å². The zero-order chi connectivity index (χ0) is 45.3. The predicted octanol–water partition coefficient (Wildman–Crippen LogP) is 9.66. The molecule has 0 aliphatic heterocycles. The van der Waals surface area contributed by atoms with E-state index in [0.29, 0.717) is 22.5 Å². The van der Waals surface area contributed by atoms with Crippen molar-refractivity contribution in [3.8, 4) is 11.5 Å². The second-order valence-corrected chi connectivity index (χ2v) is 14.3. The van der Waals surface area contributed by atoms with Crippen LogP contribution in [0.5, 0.6) is 0 Å². The number of nitrogens with two attached hydrogens (primary N) is 1. The van der Waals surface area contributed by atoms with Crippen LogP contribution in [-0.4, -0.2) is 92.6 Å². The van der Waals surface area contributed by atoms with Gasteiger partial charge in [0, 0.05) is 84.6 Å². The monoisotopic (exact) mass is 868 g/mol. The lowest BCUT2D eigenvalue weighted by atomic mass is 10.2. The minimum atomic E-state index is -0.963. The van der Waals surface area contributed by atoms with Crippen molar-refractivity contribution in [1.29, 1.82) is 0 Å². The number of aromatic nitrogens is 3. The number of benzene rings is 3. The first-order chi connectivity index (χ1) is 28.1. The minimum Gasteiger partial charge on any atom is -0.478 e. The Morgan fingerprint density at radius 1 is 0.617 bits per heavy atom. The molecule has 3 aromatic carbocycles. The molecule has 17 heteroatoms. The largest absolute Gasteiger partial charge is 0.478 e. The van der Waals surface area contributed by atoms with Gasteiger partial charge in [0.25, 0.3) is 5.24 Å². The van der Waals surface area contributed by atoms with Crippen LogP contribution in [0.2, 0.25) is 0 Å². The van der Waals surface area contributed by atoms with E-state index in [1.54, 1.807) is 42.5 Å². The van der Waals surface area contributed by atoms with Crippen LogP contribution >= 0.6 is 23.2 Å². The number of anilines is 4. The molecule has 60 heavy (non-hydrogen) atoms. The first kappa shape index (κ1) is 49.8. The molecular formula is C43H49Cl2F3N8O4. The van der Waals surface area contributed by atoms with Crippen LogP contribution in [0.15, 0.2) is 112 Å². The van der Waals surface area contributed by atoms with Crippen LogP contribution in [0.3, 0.4) is 0 Å². The highest BCUT2D eigenvalue weighted by Crippen LogP contribution is 2.25. The van der Waals surface area contributed by atoms with Crippen molar-refractivity contribution < 1.29 is 32.3 Å². The first-order valence-corrected chi connectivity index (χ1v) is 18.6.